The SMILES string of the molecule is Cc1ccc(-c2cccc3c2C(=O)c2ccccc2C3)cc1. The van der Waals surface area contributed by atoms with Crippen LogP contribution in [0.2, 0.25) is 0 Å². The Bertz CT molecular complexity index is 873. The molecule has 1 aliphatic rings. The molecule has 1 aliphatic carbocycles. The summed E-state index contributed by atoms with van der Waals surface area (Å²) in [5, 5.41) is 0. The molecule has 22 heavy (non-hydrogen) atoms. The van der Waals surface area contributed by atoms with Crippen LogP contribution < -0.4 is 0 Å². The van der Waals surface area contributed by atoms with Gasteiger partial charge in [-0.3, -0.25) is 4.79 Å². The minimum absolute atomic E-state index is 0.146. The maximum absolute atomic E-state index is 13.0. The zero-order chi connectivity index (χ0) is 15.1. The van der Waals surface area contributed by atoms with Crippen molar-refractivity contribution in [3.63, 3.8) is 0 Å². The summed E-state index contributed by atoms with van der Waals surface area (Å²) in [5.41, 5.74) is 7.33. The summed E-state index contributed by atoms with van der Waals surface area (Å²) in [4.78, 5) is 13.0. The van der Waals surface area contributed by atoms with Gasteiger partial charge >= 0.3 is 0 Å². The summed E-state index contributed by atoms with van der Waals surface area (Å²) in [6, 6.07) is 22.5. The van der Waals surface area contributed by atoms with E-state index in [9.17, 15) is 4.79 Å². The largest absolute Gasteiger partial charge is 0.289 e. The smallest absolute Gasteiger partial charge is 0.194 e. The Morgan fingerprint density at radius 3 is 2.23 bits per heavy atom. The van der Waals surface area contributed by atoms with Gasteiger partial charge in [0, 0.05) is 11.1 Å². The van der Waals surface area contributed by atoms with Crippen LogP contribution in [-0.4, -0.2) is 5.78 Å². The average Bonchev–Trinajstić information content (AvgIpc) is 2.55. The fraction of sp³-hybridized carbons (Fsp3) is 0.0952. The van der Waals surface area contributed by atoms with E-state index >= 15 is 0 Å². The molecular formula is C21H16O. The maximum atomic E-state index is 13.0. The van der Waals surface area contributed by atoms with Crippen molar-refractivity contribution >= 4 is 5.78 Å². The van der Waals surface area contributed by atoms with Gasteiger partial charge in [-0.25, -0.2) is 0 Å². The molecule has 1 nitrogen and oxygen atoms in total. The van der Waals surface area contributed by atoms with E-state index in [1.807, 2.05) is 18.2 Å². The molecule has 0 saturated carbocycles. The lowest BCUT2D eigenvalue weighted by atomic mass is 9.81. The van der Waals surface area contributed by atoms with E-state index in [-0.39, 0.29) is 5.78 Å². The Morgan fingerprint density at radius 2 is 1.41 bits per heavy atom. The second-order valence-corrected chi connectivity index (χ2v) is 5.87. The Morgan fingerprint density at radius 1 is 0.727 bits per heavy atom. The minimum atomic E-state index is 0.146. The number of ketones is 1. The molecule has 0 heterocycles. The van der Waals surface area contributed by atoms with Gasteiger partial charge in [0.15, 0.2) is 5.78 Å². The maximum Gasteiger partial charge on any atom is 0.194 e. The number of fused-ring (bicyclic) bond motifs is 2. The Labute approximate surface area is 130 Å². The molecule has 0 unspecified atom stereocenters. The first-order valence-corrected chi connectivity index (χ1v) is 7.55. The molecule has 4 rings (SSSR count). The van der Waals surface area contributed by atoms with E-state index in [1.54, 1.807) is 0 Å². The number of aryl methyl sites for hydroxylation is 1. The highest BCUT2D eigenvalue weighted by Crippen LogP contribution is 2.34. The van der Waals surface area contributed by atoms with Gasteiger partial charge in [-0.1, -0.05) is 72.3 Å². The van der Waals surface area contributed by atoms with E-state index in [0.29, 0.717) is 0 Å². The lowest BCUT2D eigenvalue weighted by Crippen LogP contribution is -2.16. The zero-order valence-corrected chi connectivity index (χ0v) is 12.5. The van der Waals surface area contributed by atoms with Crippen LogP contribution in [0.5, 0.6) is 0 Å². The molecule has 0 atom stereocenters. The third kappa shape index (κ3) is 1.98. The molecule has 0 saturated heterocycles. The molecule has 3 aromatic rings. The predicted molar refractivity (Wildman–Crippen MR) is 89.3 cm³/mol. The van der Waals surface area contributed by atoms with Crippen LogP contribution in [-0.2, 0) is 6.42 Å². The van der Waals surface area contributed by atoms with Crippen molar-refractivity contribution in [2.24, 2.45) is 0 Å². The highest BCUT2D eigenvalue weighted by molar-refractivity contribution is 6.16. The molecular weight excluding hydrogens is 268 g/mol. The molecule has 3 aromatic carbocycles. The number of benzene rings is 3. The van der Waals surface area contributed by atoms with Crippen LogP contribution >= 0.6 is 0 Å². The lowest BCUT2D eigenvalue weighted by Gasteiger charge is -2.21. The lowest BCUT2D eigenvalue weighted by molar-refractivity contribution is 0.103. The van der Waals surface area contributed by atoms with E-state index < -0.39 is 0 Å². The first-order chi connectivity index (χ1) is 10.7. The third-order valence-corrected chi connectivity index (χ3v) is 4.38. The van der Waals surface area contributed by atoms with Crippen molar-refractivity contribution in [2.45, 2.75) is 13.3 Å². The van der Waals surface area contributed by atoms with Gasteiger partial charge in [0.2, 0.25) is 0 Å². The third-order valence-electron chi connectivity index (χ3n) is 4.38. The fourth-order valence-corrected chi connectivity index (χ4v) is 3.23. The van der Waals surface area contributed by atoms with Gasteiger partial charge in [-0.15, -0.1) is 0 Å². The van der Waals surface area contributed by atoms with Crippen LogP contribution in [0.3, 0.4) is 0 Å². The molecule has 0 aromatic heterocycles. The first-order valence-electron chi connectivity index (χ1n) is 7.55. The second-order valence-electron chi connectivity index (χ2n) is 5.87. The number of hydrogen-bond acceptors (Lipinski definition) is 1. The van der Waals surface area contributed by atoms with Gasteiger partial charge in [0.1, 0.15) is 0 Å². The number of carbonyl (C=O) groups is 1. The van der Waals surface area contributed by atoms with Crippen LogP contribution in [0, 0.1) is 6.92 Å². The van der Waals surface area contributed by atoms with E-state index in [0.717, 1.165) is 39.8 Å². The Kier molecular flexibility index (Phi) is 2.93. The average molecular weight is 284 g/mol. The minimum Gasteiger partial charge on any atom is -0.289 e. The Balaban J connectivity index is 1.92. The summed E-state index contributed by atoms with van der Waals surface area (Å²) in [7, 11) is 0. The van der Waals surface area contributed by atoms with E-state index in [1.165, 1.54) is 5.56 Å². The normalized spacial score (nSPS) is 12.7. The van der Waals surface area contributed by atoms with Crippen molar-refractivity contribution < 1.29 is 4.79 Å². The van der Waals surface area contributed by atoms with Crippen molar-refractivity contribution in [1.29, 1.82) is 0 Å². The molecule has 0 N–H and O–H groups in total. The predicted octanol–water partition coefficient (Wildman–Crippen LogP) is 4.80. The standard InChI is InChI=1S/C21H16O/c1-14-9-11-15(12-10-14)18-8-4-6-17-13-16-5-2-3-7-19(16)21(22)20(17)18/h2-12H,13H2,1H3. The fourth-order valence-electron chi connectivity index (χ4n) is 3.23. The van der Waals surface area contributed by atoms with Crippen molar-refractivity contribution in [3.05, 3.63) is 94.5 Å². The van der Waals surface area contributed by atoms with Crippen molar-refractivity contribution in [2.75, 3.05) is 0 Å². The van der Waals surface area contributed by atoms with E-state index in [4.69, 9.17) is 0 Å². The molecule has 1 heteroatoms. The Hall–Kier alpha value is -2.67. The van der Waals surface area contributed by atoms with Crippen LogP contribution in [0.1, 0.15) is 32.6 Å². The molecule has 0 radical (unpaired) electrons. The molecule has 0 amide bonds. The summed E-state index contributed by atoms with van der Waals surface area (Å²) in [5.74, 6) is 0.146. The van der Waals surface area contributed by atoms with Gasteiger partial charge in [-0.2, -0.15) is 0 Å². The monoisotopic (exact) mass is 284 g/mol. The first kappa shape index (κ1) is 13.0. The second kappa shape index (κ2) is 4.96. The zero-order valence-electron chi connectivity index (χ0n) is 12.5. The number of carbonyl (C=O) groups excluding carboxylic acids is 1. The van der Waals surface area contributed by atoms with Gasteiger partial charge in [0.25, 0.3) is 0 Å². The van der Waals surface area contributed by atoms with Crippen molar-refractivity contribution in [3.8, 4) is 11.1 Å². The van der Waals surface area contributed by atoms with Gasteiger partial charge < -0.3 is 0 Å². The molecule has 0 aliphatic heterocycles. The molecule has 0 bridgehead atoms. The highest BCUT2D eigenvalue weighted by Gasteiger charge is 2.25. The quantitative estimate of drug-likeness (QED) is 0.491. The summed E-state index contributed by atoms with van der Waals surface area (Å²) >= 11 is 0. The van der Waals surface area contributed by atoms with Gasteiger partial charge in [0.05, 0.1) is 0 Å². The topological polar surface area (TPSA) is 17.1 Å². The number of rotatable bonds is 1. The van der Waals surface area contributed by atoms with E-state index in [2.05, 4.69) is 55.5 Å². The highest BCUT2D eigenvalue weighted by atomic mass is 16.1. The van der Waals surface area contributed by atoms with Crippen LogP contribution in [0.25, 0.3) is 11.1 Å². The molecule has 106 valence electrons. The number of hydrogen-bond donors (Lipinski definition) is 0. The van der Waals surface area contributed by atoms with Crippen LogP contribution in [0.15, 0.2) is 66.7 Å². The molecule has 0 fully saturated rings. The summed E-state index contributed by atoms with van der Waals surface area (Å²) in [6.07, 6.45) is 0.830. The van der Waals surface area contributed by atoms with Crippen LogP contribution in [0.4, 0.5) is 0 Å². The summed E-state index contributed by atoms with van der Waals surface area (Å²) in [6.45, 7) is 2.08. The summed E-state index contributed by atoms with van der Waals surface area (Å²) < 4.78 is 0. The van der Waals surface area contributed by atoms with Gasteiger partial charge in [-0.05, 0) is 35.6 Å². The molecule has 0 spiro atoms. The van der Waals surface area contributed by atoms with Crippen molar-refractivity contribution in [1.82, 2.24) is 0 Å².